The van der Waals surface area contributed by atoms with Crippen molar-refractivity contribution in [3.63, 3.8) is 0 Å². The average molecular weight is 360 g/mol. The van der Waals surface area contributed by atoms with E-state index in [-0.39, 0.29) is 11.1 Å². The van der Waals surface area contributed by atoms with Crippen LogP contribution in [0.1, 0.15) is 31.1 Å². The monoisotopic (exact) mass is 360 g/mol. The minimum Gasteiger partial charge on any atom is -0.478 e. The van der Waals surface area contributed by atoms with E-state index in [0.29, 0.717) is 22.7 Å². The van der Waals surface area contributed by atoms with E-state index in [4.69, 9.17) is 9.84 Å². The van der Waals surface area contributed by atoms with Gasteiger partial charge in [0.1, 0.15) is 11.5 Å². The fourth-order valence-corrected chi connectivity index (χ4v) is 2.81. The van der Waals surface area contributed by atoms with Crippen LogP contribution in [0, 0.1) is 0 Å². The molecule has 0 unspecified atom stereocenters. The molecule has 2 heterocycles. The summed E-state index contributed by atoms with van der Waals surface area (Å²) < 4.78 is 5.68. The molecule has 2 amide bonds. The van der Waals surface area contributed by atoms with Crippen molar-refractivity contribution in [3.05, 3.63) is 83.7 Å². The van der Waals surface area contributed by atoms with Crippen LogP contribution in [0.3, 0.4) is 0 Å². The van der Waals surface area contributed by atoms with E-state index in [2.05, 4.69) is 4.98 Å². The fraction of sp³-hybridized carbons (Fsp3) is 0. The van der Waals surface area contributed by atoms with Crippen LogP contribution in [-0.2, 0) is 0 Å². The van der Waals surface area contributed by atoms with Gasteiger partial charge in [0.25, 0.3) is 11.8 Å². The maximum atomic E-state index is 12.7. The molecule has 1 aliphatic rings. The van der Waals surface area contributed by atoms with E-state index in [1.165, 1.54) is 48.8 Å². The average Bonchev–Trinajstić information content (AvgIpc) is 2.93. The van der Waals surface area contributed by atoms with E-state index in [0.717, 1.165) is 4.90 Å². The van der Waals surface area contributed by atoms with Crippen molar-refractivity contribution in [2.24, 2.45) is 0 Å². The molecule has 0 fully saturated rings. The molecule has 27 heavy (non-hydrogen) atoms. The van der Waals surface area contributed by atoms with Crippen LogP contribution in [-0.4, -0.2) is 27.9 Å². The fourth-order valence-electron chi connectivity index (χ4n) is 2.81. The van der Waals surface area contributed by atoms with Gasteiger partial charge >= 0.3 is 5.97 Å². The van der Waals surface area contributed by atoms with Crippen molar-refractivity contribution >= 4 is 23.5 Å². The standard InChI is InChI=1S/C20H12N2O5/c23-18-16-6-5-15(27-14-3-1-12(2-4-14)20(25)26)11-17(16)19(24)22(18)13-7-9-21-10-8-13/h1-11H,(H,25,26). The van der Waals surface area contributed by atoms with E-state index in [1.807, 2.05) is 0 Å². The number of carbonyl (C=O) groups is 3. The molecule has 7 nitrogen and oxygen atoms in total. The summed E-state index contributed by atoms with van der Waals surface area (Å²) in [6, 6.07) is 13.7. The maximum Gasteiger partial charge on any atom is 0.335 e. The summed E-state index contributed by atoms with van der Waals surface area (Å²) in [6.45, 7) is 0. The number of hydrogen-bond acceptors (Lipinski definition) is 5. The zero-order chi connectivity index (χ0) is 19.0. The Hall–Kier alpha value is -4.00. The van der Waals surface area contributed by atoms with Crippen molar-refractivity contribution < 1.29 is 24.2 Å². The number of amides is 2. The number of pyridine rings is 1. The van der Waals surface area contributed by atoms with Gasteiger partial charge in [-0.3, -0.25) is 14.6 Å². The van der Waals surface area contributed by atoms with Crippen LogP contribution < -0.4 is 9.64 Å². The van der Waals surface area contributed by atoms with E-state index >= 15 is 0 Å². The van der Waals surface area contributed by atoms with E-state index in [1.54, 1.807) is 18.2 Å². The van der Waals surface area contributed by atoms with Gasteiger partial charge in [0.05, 0.1) is 22.4 Å². The number of carbonyl (C=O) groups excluding carboxylic acids is 2. The number of ether oxygens (including phenoxy) is 1. The molecule has 4 rings (SSSR count). The van der Waals surface area contributed by atoms with Crippen LogP contribution in [0.25, 0.3) is 0 Å². The number of rotatable bonds is 4. The van der Waals surface area contributed by atoms with Gasteiger partial charge in [-0.25, -0.2) is 9.69 Å². The molecule has 0 radical (unpaired) electrons. The summed E-state index contributed by atoms with van der Waals surface area (Å²) in [6.07, 6.45) is 3.02. The first-order chi connectivity index (χ1) is 13.0. The second-order valence-corrected chi connectivity index (χ2v) is 5.79. The summed E-state index contributed by atoms with van der Waals surface area (Å²) in [7, 11) is 0. The number of anilines is 1. The molecule has 3 aromatic rings. The smallest absolute Gasteiger partial charge is 0.335 e. The van der Waals surface area contributed by atoms with Gasteiger partial charge in [0.2, 0.25) is 0 Å². The van der Waals surface area contributed by atoms with Crippen LogP contribution >= 0.6 is 0 Å². The van der Waals surface area contributed by atoms with E-state index < -0.39 is 17.8 Å². The zero-order valence-electron chi connectivity index (χ0n) is 13.8. The van der Waals surface area contributed by atoms with Gasteiger partial charge in [0, 0.05) is 12.4 Å². The van der Waals surface area contributed by atoms with Crippen molar-refractivity contribution in [2.45, 2.75) is 0 Å². The molecule has 0 aliphatic carbocycles. The molecule has 1 aliphatic heterocycles. The Kier molecular flexibility index (Phi) is 3.89. The molecule has 132 valence electrons. The van der Waals surface area contributed by atoms with Crippen LogP contribution in [0.15, 0.2) is 67.0 Å². The SMILES string of the molecule is O=C(O)c1ccc(Oc2ccc3c(c2)C(=O)N(c2ccncc2)C3=O)cc1. The highest BCUT2D eigenvalue weighted by molar-refractivity contribution is 6.34. The van der Waals surface area contributed by atoms with Crippen LogP contribution in [0.4, 0.5) is 5.69 Å². The van der Waals surface area contributed by atoms with Gasteiger partial charge in [-0.2, -0.15) is 0 Å². The number of aromatic nitrogens is 1. The number of nitrogens with zero attached hydrogens (tertiary/aromatic N) is 2. The Morgan fingerprint density at radius 2 is 1.48 bits per heavy atom. The number of carboxylic acids is 1. The summed E-state index contributed by atoms with van der Waals surface area (Å²) in [5.41, 5.74) is 1.13. The quantitative estimate of drug-likeness (QED) is 0.717. The molecular formula is C20H12N2O5. The highest BCUT2D eigenvalue weighted by Gasteiger charge is 2.36. The number of aromatic carboxylic acids is 1. The number of carboxylic acid groups (broad SMARTS) is 1. The first-order valence-corrected chi connectivity index (χ1v) is 7.98. The molecule has 1 N–H and O–H groups in total. The van der Waals surface area contributed by atoms with Gasteiger partial charge < -0.3 is 9.84 Å². The van der Waals surface area contributed by atoms with Crippen molar-refractivity contribution in [3.8, 4) is 11.5 Å². The lowest BCUT2D eigenvalue weighted by atomic mass is 10.1. The topological polar surface area (TPSA) is 96.8 Å². The molecule has 0 saturated heterocycles. The Morgan fingerprint density at radius 1 is 0.852 bits per heavy atom. The Morgan fingerprint density at radius 3 is 2.15 bits per heavy atom. The molecule has 7 heteroatoms. The zero-order valence-corrected chi connectivity index (χ0v) is 13.8. The number of benzene rings is 2. The minimum absolute atomic E-state index is 0.144. The number of hydrogen-bond donors (Lipinski definition) is 1. The summed E-state index contributed by atoms with van der Waals surface area (Å²) in [5, 5.41) is 8.93. The highest BCUT2D eigenvalue weighted by atomic mass is 16.5. The Balaban J connectivity index is 1.62. The lowest BCUT2D eigenvalue weighted by Gasteiger charge is -2.12. The van der Waals surface area contributed by atoms with Crippen LogP contribution in [0.5, 0.6) is 11.5 Å². The normalized spacial score (nSPS) is 12.8. The number of fused-ring (bicyclic) bond motifs is 1. The van der Waals surface area contributed by atoms with Gasteiger partial charge in [-0.1, -0.05) is 0 Å². The lowest BCUT2D eigenvalue weighted by Crippen LogP contribution is -2.29. The number of imide groups is 1. The first-order valence-electron chi connectivity index (χ1n) is 7.98. The van der Waals surface area contributed by atoms with Crippen molar-refractivity contribution in [2.75, 3.05) is 4.90 Å². The minimum atomic E-state index is -1.03. The third kappa shape index (κ3) is 2.91. The largest absolute Gasteiger partial charge is 0.478 e. The maximum absolute atomic E-state index is 12.7. The summed E-state index contributed by atoms with van der Waals surface area (Å²) in [5.74, 6) is -1.08. The van der Waals surface area contributed by atoms with Crippen molar-refractivity contribution in [1.82, 2.24) is 4.98 Å². The molecule has 0 bridgehead atoms. The van der Waals surface area contributed by atoms with Gasteiger partial charge in [-0.15, -0.1) is 0 Å². The highest BCUT2D eigenvalue weighted by Crippen LogP contribution is 2.32. The third-order valence-corrected chi connectivity index (χ3v) is 4.12. The molecule has 0 atom stereocenters. The van der Waals surface area contributed by atoms with Gasteiger partial charge in [-0.05, 0) is 54.6 Å². The van der Waals surface area contributed by atoms with E-state index in [9.17, 15) is 14.4 Å². The second kappa shape index (κ2) is 6.38. The lowest BCUT2D eigenvalue weighted by molar-refractivity contribution is 0.0696. The second-order valence-electron chi connectivity index (χ2n) is 5.79. The molecular weight excluding hydrogens is 348 g/mol. The van der Waals surface area contributed by atoms with Gasteiger partial charge in [0.15, 0.2) is 0 Å². The predicted octanol–water partition coefficient (Wildman–Crippen LogP) is 3.37. The predicted molar refractivity (Wildman–Crippen MR) is 95.3 cm³/mol. The molecule has 1 aromatic heterocycles. The summed E-state index contributed by atoms with van der Waals surface area (Å²) >= 11 is 0. The Bertz CT molecular complexity index is 1060. The van der Waals surface area contributed by atoms with Crippen LogP contribution in [0.2, 0.25) is 0 Å². The van der Waals surface area contributed by atoms with Crippen molar-refractivity contribution in [1.29, 1.82) is 0 Å². The molecule has 2 aromatic carbocycles. The summed E-state index contributed by atoms with van der Waals surface area (Å²) in [4.78, 5) is 41.1. The Labute approximate surface area is 153 Å². The third-order valence-electron chi connectivity index (χ3n) is 4.12. The molecule has 0 saturated carbocycles. The first kappa shape index (κ1) is 16.5. The molecule has 0 spiro atoms.